The van der Waals surface area contributed by atoms with Crippen LogP contribution in [-0.2, 0) is 60.3 Å². The second-order valence-electron chi connectivity index (χ2n) is 19.9. The molecule has 280 valence electrons. The molecule has 0 saturated heterocycles. The van der Waals surface area contributed by atoms with Crippen LogP contribution in [0.1, 0.15) is 139 Å². The molecular weight excluding hydrogens is 827 g/mol. The topological polar surface area (TPSA) is 0 Å². The van der Waals surface area contributed by atoms with Crippen molar-refractivity contribution in [2.24, 2.45) is 0 Å². The molecule has 0 amide bonds. The summed E-state index contributed by atoms with van der Waals surface area (Å²) in [5.74, 6) is 0. The van der Waals surface area contributed by atoms with Gasteiger partial charge in [0.1, 0.15) is 0 Å². The maximum absolute atomic E-state index is 3.72. The molecule has 0 bridgehead atoms. The van der Waals surface area contributed by atoms with Gasteiger partial charge in [-0.3, -0.25) is 0 Å². The average Bonchev–Trinajstić information content (AvgIpc) is 3.71. The summed E-state index contributed by atoms with van der Waals surface area (Å²) in [6.07, 6.45) is 9.37. The second kappa shape index (κ2) is 14.9. The van der Waals surface area contributed by atoms with E-state index in [1.54, 1.807) is 0 Å². The number of allylic oxidation sites excluding steroid dienone is 2. The predicted octanol–water partition coefficient (Wildman–Crippen LogP) is 14.4. The molecule has 1 heteroatoms. The Balaban J connectivity index is 0.000000184. The molecule has 0 nitrogen and oxygen atoms in total. The number of benzene rings is 6. The Hall–Kier alpha value is -3.81. The van der Waals surface area contributed by atoms with Crippen LogP contribution >= 0.6 is 0 Å². The molecule has 55 heavy (non-hydrogen) atoms. The van der Waals surface area contributed by atoms with Crippen molar-refractivity contribution >= 4 is 32.7 Å². The Morgan fingerprint density at radius 3 is 0.909 bits per heavy atom. The van der Waals surface area contributed by atoms with Gasteiger partial charge in [-0.15, -0.1) is 57.7 Å². The molecule has 8 rings (SSSR count). The quantitative estimate of drug-likeness (QED) is 0.120. The van der Waals surface area contributed by atoms with Crippen molar-refractivity contribution in [1.82, 2.24) is 0 Å². The summed E-state index contributed by atoms with van der Waals surface area (Å²) in [5.41, 5.74) is 16.7. The molecule has 2 aliphatic carbocycles. The van der Waals surface area contributed by atoms with E-state index in [-0.39, 0.29) is 47.5 Å². The van der Waals surface area contributed by atoms with Gasteiger partial charge in [0.25, 0.3) is 0 Å². The van der Waals surface area contributed by atoms with Crippen molar-refractivity contribution in [3.63, 3.8) is 0 Å². The van der Waals surface area contributed by atoms with E-state index in [0.29, 0.717) is 0 Å². The molecule has 2 aliphatic rings. The Kier molecular flexibility index (Phi) is 11.1. The van der Waals surface area contributed by atoms with E-state index >= 15 is 0 Å². The molecule has 0 saturated carbocycles. The van der Waals surface area contributed by atoms with E-state index in [4.69, 9.17) is 0 Å². The van der Waals surface area contributed by atoms with Crippen molar-refractivity contribution in [3.05, 3.63) is 177 Å². The third-order valence-corrected chi connectivity index (χ3v) is 11.3. The fraction of sp³-hybridized carbons (Fsp3) is 0.333. The Morgan fingerprint density at radius 2 is 0.636 bits per heavy atom. The Labute approximate surface area is 351 Å². The van der Waals surface area contributed by atoms with Crippen molar-refractivity contribution in [2.75, 3.05) is 0 Å². The number of rotatable bonds is 2. The minimum absolute atomic E-state index is 0. The molecule has 0 aliphatic heterocycles. The third kappa shape index (κ3) is 8.94. The van der Waals surface area contributed by atoms with E-state index < -0.39 is 0 Å². The zero-order chi connectivity index (χ0) is 38.8. The fourth-order valence-electron chi connectivity index (χ4n) is 7.58. The summed E-state index contributed by atoms with van der Waals surface area (Å²) in [5, 5.41) is 5.23. The van der Waals surface area contributed by atoms with Gasteiger partial charge in [0.15, 0.2) is 0 Å². The van der Waals surface area contributed by atoms with Gasteiger partial charge in [-0.05, 0) is 32.4 Å². The summed E-state index contributed by atoms with van der Waals surface area (Å²) < 4.78 is 0. The summed E-state index contributed by atoms with van der Waals surface area (Å²) in [6, 6.07) is 40.8. The number of hydrogen-bond donors (Lipinski definition) is 0. The van der Waals surface area contributed by atoms with Gasteiger partial charge in [-0.2, -0.15) is 0 Å². The zero-order valence-electron chi connectivity index (χ0n) is 35.3. The standard InChI is InChI=1S/2C27H29.Hf/c2*1-26(2,3)24-15-23(16-25(17-24)27(4,5)6)22-13-20-11-18-9-7-8-10-19(18)12-21(20)14-22;/h2*7-12,15-17H,13H2,1-6H3;/q2*-1;. The third-order valence-electron chi connectivity index (χ3n) is 11.3. The summed E-state index contributed by atoms with van der Waals surface area (Å²) in [7, 11) is 0. The molecule has 6 aromatic carbocycles. The smallest absolute Gasteiger partial charge is 0 e. The van der Waals surface area contributed by atoms with Crippen LogP contribution in [-0.4, -0.2) is 0 Å². The molecule has 0 fully saturated rings. The van der Waals surface area contributed by atoms with Crippen LogP contribution in [0.4, 0.5) is 0 Å². The largest absolute Gasteiger partial charge is 0.145 e. The second-order valence-corrected chi connectivity index (χ2v) is 19.9. The van der Waals surface area contributed by atoms with Crippen LogP contribution in [0.3, 0.4) is 0 Å². The first-order valence-electron chi connectivity index (χ1n) is 19.8. The molecule has 0 spiro atoms. The van der Waals surface area contributed by atoms with Gasteiger partial charge in [-0.25, -0.2) is 0 Å². The molecule has 0 aromatic heterocycles. The SMILES string of the molecule is CC(C)(C)c1cc(C2=[C-]c3cc4ccccc4cc3C2)cc(C(C)(C)C)c1.CC(C)(C)c1cc(C2=[C-]c3cc4ccccc4cc3C2)cc(C(C)(C)C)c1.[Hf]. The average molecular weight is 886 g/mol. The van der Waals surface area contributed by atoms with E-state index in [2.05, 4.69) is 204 Å². The van der Waals surface area contributed by atoms with Gasteiger partial charge in [-0.1, -0.05) is 237 Å². The molecule has 0 radical (unpaired) electrons. The predicted molar refractivity (Wildman–Crippen MR) is 234 cm³/mol. The van der Waals surface area contributed by atoms with Gasteiger partial charge >= 0.3 is 0 Å². The van der Waals surface area contributed by atoms with Crippen molar-refractivity contribution in [1.29, 1.82) is 0 Å². The van der Waals surface area contributed by atoms with E-state index in [1.807, 2.05) is 0 Å². The van der Waals surface area contributed by atoms with Gasteiger partial charge < -0.3 is 0 Å². The molecule has 0 unspecified atom stereocenters. The van der Waals surface area contributed by atoms with Gasteiger partial charge in [0.05, 0.1) is 0 Å². The Bertz CT molecular complexity index is 2220. The number of hydrogen-bond acceptors (Lipinski definition) is 0. The molecule has 6 aromatic rings. The van der Waals surface area contributed by atoms with E-state index in [1.165, 1.54) is 88.3 Å². The zero-order valence-corrected chi connectivity index (χ0v) is 38.9. The molecule has 0 N–H and O–H groups in total. The first-order valence-corrected chi connectivity index (χ1v) is 19.8. The normalized spacial score (nSPS) is 14.1. The molecular formula is C54H58Hf-2. The number of fused-ring (bicyclic) bond motifs is 4. The van der Waals surface area contributed by atoms with Gasteiger partial charge in [0, 0.05) is 25.8 Å². The summed E-state index contributed by atoms with van der Waals surface area (Å²) in [4.78, 5) is 0. The minimum atomic E-state index is 0. The van der Waals surface area contributed by atoms with Crippen molar-refractivity contribution < 1.29 is 25.8 Å². The summed E-state index contributed by atoms with van der Waals surface area (Å²) >= 11 is 0. The first kappa shape index (κ1) is 40.8. The van der Waals surface area contributed by atoms with Crippen LogP contribution < -0.4 is 0 Å². The molecule has 0 atom stereocenters. The molecule has 0 heterocycles. The van der Waals surface area contributed by atoms with E-state index in [9.17, 15) is 0 Å². The Morgan fingerprint density at radius 1 is 0.364 bits per heavy atom. The maximum Gasteiger partial charge on any atom is 0 e. The van der Waals surface area contributed by atoms with Crippen LogP contribution in [0.2, 0.25) is 0 Å². The minimum Gasteiger partial charge on any atom is -0.145 e. The maximum atomic E-state index is 3.72. The summed E-state index contributed by atoms with van der Waals surface area (Å²) in [6.45, 7) is 27.6. The van der Waals surface area contributed by atoms with E-state index in [0.717, 1.165) is 12.8 Å². The fourth-order valence-corrected chi connectivity index (χ4v) is 7.58. The van der Waals surface area contributed by atoms with Crippen LogP contribution in [0.5, 0.6) is 0 Å². The van der Waals surface area contributed by atoms with Crippen LogP contribution in [0.15, 0.2) is 109 Å². The first-order chi connectivity index (χ1) is 25.2. The monoisotopic (exact) mass is 886 g/mol. The van der Waals surface area contributed by atoms with Crippen molar-refractivity contribution in [3.8, 4) is 0 Å². The van der Waals surface area contributed by atoms with Gasteiger partial charge in [0.2, 0.25) is 0 Å². The van der Waals surface area contributed by atoms with Crippen LogP contribution in [0.25, 0.3) is 32.7 Å². The van der Waals surface area contributed by atoms with Crippen LogP contribution in [0, 0.1) is 12.2 Å². The van der Waals surface area contributed by atoms with Crippen molar-refractivity contribution in [2.45, 2.75) is 118 Å².